The van der Waals surface area contributed by atoms with Crippen LogP contribution in [-0.2, 0) is 18.0 Å². The number of hydrogen-bond donors (Lipinski definition) is 1. The van der Waals surface area contributed by atoms with E-state index in [9.17, 15) is 10.1 Å². The largest absolute Gasteiger partial charge is 0.493 e. The molecule has 41 heavy (non-hydrogen) atoms. The number of hydrogen-bond acceptors (Lipinski definition) is 6. The molecule has 0 heterocycles. The van der Waals surface area contributed by atoms with E-state index in [1.807, 2.05) is 54.6 Å². The lowest BCUT2D eigenvalue weighted by Crippen LogP contribution is -2.13. The molecule has 0 atom stereocenters. The van der Waals surface area contributed by atoms with Gasteiger partial charge in [-0.05, 0) is 71.3 Å². The molecule has 1 amide bonds. The van der Waals surface area contributed by atoms with Gasteiger partial charge in [0.05, 0.1) is 19.2 Å². The maximum atomic E-state index is 12.6. The van der Waals surface area contributed by atoms with Gasteiger partial charge in [0, 0.05) is 10.7 Å². The fourth-order valence-electron chi connectivity index (χ4n) is 3.82. The van der Waals surface area contributed by atoms with Gasteiger partial charge in [-0.25, -0.2) is 0 Å². The molecule has 1 N–H and O–H groups in total. The Balaban J connectivity index is 1.46. The summed E-state index contributed by atoms with van der Waals surface area (Å²) in [5, 5.41) is 13.0. The summed E-state index contributed by atoms with van der Waals surface area (Å²) < 4.78 is 22.9. The first-order valence-corrected chi connectivity index (χ1v) is 13.2. The summed E-state index contributed by atoms with van der Waals surface area (Å²) in [6.45, 7) is 0.588. The summed E-state index contributed by atoms with van der Waals surface area (Å²) in [6.07, 6.45) is 1.42. The predicted octanol–water partition coefficient (Wildman–Crippen LogP) is 7.71. The Kier molecular flexibility index (Phi) is 10.1. The van der Waals surface area contributed by atoms with Crippen molar-refractivity contribution in [1.82, 2.24) is 0 Å². The number of rotatable bonds is 11. The number of carbonyl (C=O) groups excluding carboxylic acids is 1. The van der Waals surface area contributed by atoms with Gasteiger partial charge in [0.2, 0.25) is 0 Å². The minimum Gasteiger partial charge on any atom is -0.493 e. The molecule has 0 aromatic heterocycles. The second kappa shape index (κ2) is 14.1. The Hall–Kier alpha value is -4.64. The topological polar surface area (TPSA) is 89.8 Å². The van der Waals surface area contributed by atoms with E-state index in [1.165, 1.54) is 13.2 Å². The highest BCUT2D eigenvalue weighted by Gasteiger charge is 2.15. The number of ether oxygens (including phenoxy) is 4. The molecule has 0 saturated carbocycles. The lowest BCUT2D eigenvalue weighted by atomic mass is 10.1. The molecule has 0 fully saturated rings. The number of carbonyl (C=O) groups is 1. The van der Waals surface area contributed by atoms with Crippen LogP contribution >= 0.6 is 23.2 Å². The van der Waals surface area contributed by atoms with Crippen molar-refractivity contribution in [1.29, 1.82) is 5.26 Å². The summed E-state index contributed by atoms with van der Waals surface area (Å²) >= 11 is 12.4. The Labute approximate surface area is 248 Å². The van der Waals surface area contributed by atoms with E-state index in [2.05, 4.69) is 5.32 Å². The van der Waals surface area contributed by atoms with Gasteiger partial charge in [0.25, 0.3) is 5.91 Å². The Morgan fingerprint density at radius 3 is 2.22 bits per heavy atom. The molecule has 4 aromatic rings. The summed E-state index contributed by atoms with van der Waals surface area (Å²) in [7, 11) is 3.05. The number of nitrogens with zero attached hydrogens (tertiary/aromatic N) is 1. The fraction of sp³-hybridized carbons (Fsp3) is 0.125. The van der Waals surface area contributed by atoms with E-state index < -0.39 is 5.91 Å². The average molecular weight is 589 g/mol. The average Bonchev–Trinajstić information content (AvgIpc) is 2.99. The molecular formula is C32H26Cl2N2O5. The van der Waals surface area contributed by atoms with Crippen LogP contribution in [0.25, 0.3) is 6.08 Å². The van der Waals surface area contributed by atoms with Crippen LogP contribution in [-0.4, -0.2) is 20.1 Å². The molecule has 4 rings (SSSR count). The third kappa shape index (κ3) is 7.95. The van der Waals surface area contributed by atoms with Crippen molar-refractivity contribution in [3.63, 3.8) is 0 Å². The summed E-state index contributed by atoms with van der Waals surface area (Å²) in [6, 6.07) is 27.1. The molecule has 0 spiro atoms. The fourth-order valence-corrected chi connectivity index (χ4v) is 4.22. The van der Waals surface area contributed by atoms with E-state index in [0.29, 0.717) is 45.9 Å². The van der Waals surface area contributed by atoms with Gasteiger partial charge in [-0.2, -0.15) is 5.26 Å². The number of methoxy groups -OCH3 is 2. The number of nitrogens with one attached hydrogen (secondary N) is 1. The van der Waals surface area contributed by atoms with Crippen molar-refractivity contribution >= 4 is 40.9 Å². The predicted molar refractivity (Wildman–Crippen MR) is 160 cm³/mol. The molecule has 0 radical (unpaired) electrons. The van der Waals surface area contributed by atoms with Gasteiger partial charge in [0.1, 0.15) is 24.9 Å². The zero-order chi connectivity index (χ0) is 29.2. The van der Waals surface area contributed by atoms with E-state index in [4.69, 9.17) is 42.1 Å². The number of nitriles is 1. The standard InChI is InChI=1S/C32H26Cl2N2O5/c1-38-29-16-22(8-13-28(29)40-19-21-6-4-3-5-7-21)20-41-31-27(34)15-23(17-30(31)39-2)14-24(18-35)32(37)36-26-11-9-25(33)10-12-26/h3-17H,19-20H2,1-2H3,(H,36,37)/b24-14-. The van der Waals surface area contributed by atoms with Crippen molar-refractivity contribution in [3.05, 3.63) is 117 Å². The quantitative estimate of drug-likeness (QED) is 0.142. The van der Waals surface area contributed by atoms with E-state index >= 15 is 0 Å². The lowest BCUT2D eigenvalue weighted by Gasteiger charge is -2.15. The molecular weight excluding hydrogens is 563 g/mol. The highest BCUT2D eigenvalue weighted by Crippen LogP contribution is 2.38. The third-order valence-electron chi connectivity index (χ3n) is 5.88. The smallest absolute Gasteiger partial charge is 0.266 e. The van der Waals surface area contributed by atoms with Gasteiger partial charge < -0.3 is 24.3 Å². The number of anilines is 1. The first-order chi connectivity index (χ1) is 19.9. The van der Waals surface area contributed by atoms with E-state index in [-0.39, 0.29) is 17.2 Å². The first kappa shape index (κ1) is 29.3. The molecule has 0 bridgehead atoms. The third-order valence-corrected chi connectivity index (χ3v) is 6.41. The highest BCUT2D eigenvalue weighted by atomic mass is 35.5. The number of benzene rings is 4. The van der Waals surface area contributed by atoms with Crippen LogP contribution in [0.4, 0.5) is 5.69 Å². The van der Waals surface area contributed by atoms with Crippen LogP contribution < -0.4 is 24.3 Å². The van der Waals surface area contributed by atoms with Crippen LogP contribution in [0.5, 0.6) is 23.0 Å². The Morgan fingerprint density at radius 1 is 0.829 bits per heavy atom. The zero-order valence-corrected chi connectivity index (χ0v) is 23.8. The normalized spacial score (nSPS) is 10.9. The van der Waals surface area contributed by atoms with Crippen LogP contribution in [0.15, 0.2) is 90.5 Å². The monoisotopic (exact) mass is 588 g/mol. The van der Waals surface area contributed by atoms with Crippen LogP contribution in [0.1, 0.15) is 16.7 Å². The van der Waals surface area contributed by atoms with Crippen molar-refractivity contribution in [2.45, 2.75) is 13.2 Å². The second-order valence-electron chi connectivity index (χ2n) is 8.71. The van der Waals surface area contributed by atoms with Gasteiger partial charge in [-0.3, -0.25) is 4.79 Å². The molecule has 0 aliphatic carbocycles. The first-order valence-electron chi connectivity index (χ1n) is 12.4. The van der Waals surface area contributed by atoms with Gasteiger partial charge in [-0.1, -0.05) is 59.6 Å². The number of amides is 1. The lowest BCUT2D eigenvalue weighted by molar-refractivity contribution is -0.112. The van der Waals surface area contributed by atoms with Crippen molar-refractivity contribution in [3.8, 4) is 29.1 Å². The molecule has 0 unspecified atom stereocenters. The molecule has 9 heteroatoms. The van der Waals surface area contributed by atoms with Gasteiger partial charge in [-0.15, -0.1) is 0 Å². The molecule has 208 valence electrons. The molecule has 7 nitrogen and oxygen atoms in total. The van der Waals surface area contributed by atoms with Crippen molar-refractivity contribution in [2.75, 3.05) is 19.5 Å². The summed E-state index contributed by atoms with van der Waals surface area (Å²) in [4.78, 5) is 12.6. The minimum absolute atomic E-state index is 0.117. The van der Waals surface area contributed by atoms with Crippen LogP contribution in [0.2, 0.25) is 10.0 Å². The Morgan fingerprint density at radius 2 is 1.54 bits per heavy atom. The van der Waals surface area contributed by atoms with Gasteiger partial charge in [0.15, 0.2) is 23.0 Å². The van der Waals surface area contributed by atoms with E-state index in [1.54, 1.807) is 43.5 Å². The van der Waals surface area contributed by atoms with Crippen LogP contribution in [0.3, 0.4) is 0 Å². The summed E-state index contributed by atoms with van der Waals surface area (Å²) in [5.41, 5.74) is 2.75. The SMILES string of the molecule is COc1cc(COc2c(Cl)cc(/C=C(/C#N)C(=O)Nc3ccc(Cl)cc3)cc2OC)ccc1OCc1ccccc1. The molecule has 0 aliphatic heterocycles. The molecule has 0 saturated heterocycles. The zero-order valence-electron chi connectivity index (χ0n) is 22.3. The van der Waals surface area contributed by atoms with Crippen LogP contribution in [0, 0.1) is 11.3 Å². The van der Waals surface area contributed by atoms with E-state index in [0.717, 1.165) is 11.1 Å². The van der Waals surface area contributed by atoms with Crippen molar-refractivity contribution < 1.29 is 23.7 Å². The summed E-state index contributed by atoms with van der Waals surface area (Å²) in [5.74, 6) is 1.27. The highest BCUT2D eigenvalue weighted by molar-refractivity contribution is 6.32. The molecule has 4 aromatic carbocycles. The second-order valence-corrected chi connectivity index (χ2v) is 9.56. The van der Waals surface area contributed by atoms with Gasteiger partial charge >= 0.3 is 0 Å². The number of halogens is 2. The Bertz CT molecular complexity index is 1580. The minimum atomic E-state index is -0.574. The molecule has 0 aliphatic rings. The maximum absolute atomic E-state index is 12.6. The van der Waals surface area contributed by atoms with Crippen molar-refractivity contribution in [2.24, 2.45) is 0 Å². The maximum Gasteiger partial charge on any atom is 0.266 e.